The molecule has 4 aromatic rings. The number of ether oxygens (including phenoxy) is 4. The van der Waals surface area contributed by atoms with E-state index in [4.69, 9.17) is 18.9 Å². The van der Waals surface area contributed by atoms with Crippen LogP contribution in [0.4, 0.5) is 4.39 Å². The van der Waals surface area contributed by atoms with Crippen LogP contribution in [0.2, 0.25) is 0 Å². The fraction of sp³-hybridized carbons (Fsp3) is 0.294. The van der Waals surface area contributed by atoms with Crippen LogP contribution in [0.3, 0.4) is 0 Å². The molecule has 1 aromatic heterocycles. The lowest BCUT2D eigenvalue weighted by Crippen LogP contribution is -2.38. The Bertz CT molecular complexity index is 1470. The predicted molar refractivity (Wildman–Crippen MR) is 162 cm³/mol. The van der Waals surface area contributed by atoms with Gasteiger partial charge in [-0.2, -0.15) is 0 Å². The van der Waals surface area contributed by atoms with Gasteiger partial charge in [-0.3, -0.25) is 14.7 Å². The molecule has 1 saturated heterocycles. The fourth-order valence-electron chi connectivity index (χ4n) is 5.05. The van der Waals surface area contributed by atoms with E-state index in [9.17, 15) is 9.18 Å². The minimum atomic E-state index is -0.305. The molecule has 0 aliphatic carbocycles. The molecule has 0 spiro atoms. The highest BCUT2D eigenvalue weighted by Crippen LogP contribution is 2.39. The number of carbonyl (C=O) groups is 1. The van der Waals surface area contributed by atoms with Crippen molar-refractivity contribution in [2.24, 2.45) is 0 Å². The zero-order chi connectivity index (χ0) is 30.0. The van der Waals surface area contributed by atoms with E-state index < -0.39 is 0 Å². The number of carbonyl (C=O) groups excluding carboxylic acids is 1. The summed E-state index contributed by atoms with van der Waals surface area (Å²) in [7, 11) is 3.18. The Morgan fingerprint density at radius 3 is 2.21 bits per heavy atom. The van der Waals surface area contributed by atoms with Crippen LogP contribution in [-0.2, 0) is 17.8 Å². The number of aromatic nitrogens is 1. The van der Waals surface area contributed by atoms with E-state index in [2.05, 4.69) is 9.88 Å². The van der Waals surface area contributed by atoms with Crippen molar-refractivity contribution in [3.63, 3.8) is 0 Å². The Morgan fingerprint density at radius 2 is 1.56 bits per heavy atom. The maximum absolute atomic E-state index is 13.9. The van der Waals surface area contributed by atoms with Gasteiger partial charge in [-0.05, 0) is 70.8 Å². The molecule has 1 aliphatic rings. The Kier molecular flexibility index (Phi) is 10.2. The van der Waals surface area contributed by atoms with Crippen LogP contribution in [0.5, 0.6) is 17.2 Å². The van der Waals surface area contributed by atoms with Gasteiger partial charge in [0.05, 0.1) is 27.4 Å². The zero-order valence-corrected chi connectivity index (χ0v) is 24.5. The van der Waals surface area contributed by atoms with E-state index in [0.29, 0.717) is 42.5 Å². The summed E-state index contributed by atoms with van der Waals surface area (Å²) in [6, 6.07) is 21.1. The summed E-state index contributed by atoms with van der Waals surface area (Å²) in [4.78, 5) is 22.0. The molecule has 8 nitrogen and oxygen atoms in total. The Labute approximate surface area is 251 Å². The smallest absolute Gasteiger partial charge is 0.254 e. The molecular weight excluding hydrogens is 549 g/mol. The van der Waals surface area contributed by atoms with Crippen molar-refractivity contribution in [1.82, 2.24) is 14.8 Å². The van der Waals surface area contributed by atoms with Gasteiger partial charge in [0.2, 0.25) is 5.75 Å². The normalized spacial score (nSPS) is 13.4. The molecule has 1 amide bonds. The topological polar surface area (TPSA) is 73.4 Å². The van der Waals surface area contributed by atoms with Crippen LogP contribution in [0.25, 0.3) is 11.1 Å². The number of rotatable bonds is 12. The third kappa shape index (κ3) is 7.88. The molecule has 1 aliphatic heterocycles. The fourth-order valence-corrected chi connectivity index (χ4v) is 5.05. The molecule has 9 heteroatoms. The van der Waals surface area contributed by atoms with Gasteiger partial charge in [-0.1, -0.05) is 24.3 Å². The first-order valence-corrected chi connectivity index (χ1v) is 14.3. The number of morpholine rings is 1. The van der Waals surface area contributed by atoms with Gasteiger partial charge >= 0.3 is 0 Å². The van der Waals surface area contributed by atoms with Crippen molar-refractivity contribution in [3.05, 3.63) is 108 Å². The quantitative estimate of drug-likeness (QED) is 0.219. The highest BCUT2D eigenvalue weighted by atomic mass is 19.1. The average molecular weight is 586 g/mol. The SMILES string of the molecule is COc1cc(CN(Cc2ccncc2)C(=O)c2ccc(-c3cccc(F)c3)cc2)cc(OC)c1OCCN1CCOCC1. The summed E-state index contributed by atoms with van der Waals surface area (Å²) in [5, 5.41) is 0. The standard InChI is InChI=1S/C34H36FN3O5/c1-40-31-20-26(21-32(41-2)33(31)43-19-16-37-14-17-42-18-15-37)24-38(23-25-10-12-36-13-11-25)34(39)28-8-6-27(7-9-28)29-4-3-5-30(35)22-29/h3-13,20-22H,14-19,23-24H2,1-2H3. The van der Waals surface area contributed by atoms with E-state index in [1.807, 2.05) is 42.5 Å². The molecule has 3 aromatic carbocycles. The first-order valence-electron chi connectivity index (χ1n) is 14.3. The molecule has 0 bridgehead atoms. The number of methoxy groups -OCH3 is 2. The molecule has 224 valence electrons. The molecule has 43 heavy (non-hydrogen) atoms. The monoisotopic (exact) mass is 585 g/mol. The first-order chi connectivity index (χ1) is 21.0. The maximum Gasteiger partial charge on any atom is 0.254 e. The van der Waals surface area contributed by atoms with Crippen molar-refractivity contribution in [2.75, 3.05) is 53.7 Å². The number of benzene rings is 3. The second-order valence-electron chi connectivity index (χ2n) is 10.2. The van der Waals surface area contributed by atoms with E-state index in [-0.39, 0.29) is 11.7 Å². The van der Waals surface area contributed by atoms with Crippen LogP contribution in [0.1, 0.15) is 21.5 Å². The van der Waals surface area contributed by atoms with Gasteiger partial charge in [-0.15, -0.1) is 0 Å². The van der Waals surface area contributed by atoms with Gasteiger partial charge in [0, 0.05) is 50.7 Å². The van der Waals surface area contributed by atoms with Gasteiger partial charge in [-0.25, -0.2) is 4.39 Å². The van der Waals surface area contributed by atoms with E-state index in [0.717, 1.165) is 55.1 Å². The minimum Gasteiger partial charge on any atom is -0.493 e. The number of nitrogens with zero attached hydrogens (tertiary/aromatic N) is 3. The van der Waals surface area contributed by atoms with Crippen LogP contribution in [-0.4, -0.2) is 74.4 Å². The molecule has 2 heterocycles. The predicted octanol–water partition coefficient (Wildman–Crippen LogP) is 5.46. The van der Waals surface area contributed by atoms with Gasteiger partial charge in [0.1, 0.15) is 12.4 Å². The lowest BCUT2D eigenvalue weighted by atomic mass is 10.0. The van der Waals surface area contributed by atoms with Gasteiger partial charge in [0.25, 0.3) is 5.91 Å². The van der Waals surface area contributed by atoms with E-state index in [1.165, 1.54) is 12.1 Å². The number of halogens is 1. The van der Waals surface area contributed by atoms with Crippen molar-refractivity contribution in [1.29, 1.82) is 0 Å². The van der Waals surface area contributed by atoms with Crippen LogP contribution >= 0.6 is 0 Å². The Hall–Kier alpha value is -4.47. The highest BCUT2D eigenvalue weighted by molar-refractivity contribution is 5.94. The van der Waals surface area contributed by atoms with Crippen molar-refractivity contribution in [3.8, 4) is 28.4 Å². The van der Waals surface area contributed by atoms with E-state index in [1.54, 1.807) is 49.7 Å². The summed E-state index contributed by atoms with van der Waals surface area (Å²) in [5.74, 6) is 1.15. The Balaban J connectivity index is 1.37. The van der Waals surface area contributed by atoms with Crippen LogP contribution < -0.4 is 14.2 Å². The molecule has 5 rings (SSSR count). The Morgan fingerprint density at radius 1 is 0.884 bits per heavy atom. The molecule has 0 atom stereocenters. The third-order valence-corrected chi connectivity index (χ3v) is 7.35. The summed E-state index contributed by atoms with van der Waals surface area (Å²) in [5.41, 5.74) is 3.88. The van der Waals surface area contributed by atoms with Crippen molar-refractivity contribution in [2.45, 2.75) is 13.1 Å². The highest BCUT2D eigenvalue weighted by Gasteiger charge is 2.21. The van der Waals surface area contributed by atoms with Crippen molar-refractivity contribution >= 4 is 5.91 Å². The summed E-state index contributed by atoms with van der Waals surface area (Å²) >= 11 is 0. The largest absolute Gasteiger partial charge is 0.493 e. The first kappa shape index (κ1) is 30.0. The number of pyridine rings is 1. The second kappa shape index (κ2) is 14.6. The molecule has 0 N–H and O–H groups in total. The van der Waals surface area contributed by atoms with Gasteiger partial charge < -0.3 is 23.8 Å². The molecular formula is C34H36FN3O5. The van der Waals surface area contributed by atoms with E-state index >= 15 is 0 Å². The lowest BCUT2D eigenvalue weighted by Gasteiger charge is -2.27. The lowest BCUT2D eigenvalue weighted by molar-refractivity contribution is 0.0319. The minimum absolute atomic E-state index is 0.147. The third-order valence-electron chi connectivity index (χ3n) is 7.35. The van der Waals surface area contributed by atoms with Crippen molar-refractivity contribution < 1.29 is 28.1 Å². The summed E-state index contributed by atoms with van der Waals surface area (Å²) < 4.78 is 36.7. The molecule has 0 unspecified atom stereocenters. The second-order valence-corrected chi connectivity index (χ2v) is 10.2. The van der Waals surface area contributed by atoms with Crippen LogP contribution in [0, 0.1) is 5.82 Å². The molecule has 0 saturated carbocycles. The summed E-state index contributed by atoms with van der Waals surface area (Å²) in [6.45, 7) is 5.13. The summed E-state index contributed by atoms with van der Waals surface area (Å²) in [6.07, 6.45) is 3.42. The molecule has 1 fully saturated rings. The average Bonchev–Trinajstić information content (AvgIpc) is 3.05. The van der Waals surface area contributed by atoms with Crippen LogP contribution in [0.15, 0.2) is 85.2 Å². The number of amides is 1. The number of hydrogen-bond donors (Lipinski definition) is 0. The maximum atomic E-state index is 13.9. The van der Waals surface area contributed by atoms with Gasteiger partial charge in [0.15, 0.2) is 11.5 Å². The molecule has 0 radical (unpaired) electrons. The zero-order valence-electron chi connectivity index (χ0n) is 24.5. The number of hydrogen-bond acceptors (Lipinski definition) is 7.